The fourth-order valence-corrected chi connectivity index (χ4v) is 3.50. The van der Waals surface area contributed by atoms with Crippen LogP contribution in [0.1, 0.15) is 70.4 Å². The summed E-state index contributed by atoms with van der Waals surface area (Å²) in [5, 5.41) is 0. The maximum atomic E-state index is 2.66. The molecule has 0 amide bonds. The van der Waals surface area contributed by atoms with Gasteiger partial charge in [-0.05, 0) is 35.9 Å². The summed E-state index contributed by atoms with van der Waals surface area (Å²) in [4.78, 5) is 5.27. The third-order valence-electron chi connectivity index (χ3n) is 5.27. The second-order valence-corrected chi connectivity index (χ2v) is 8.26. The van der Waals surface area contributed by atoms with Gasteiger partial charge in [0, 0.05) is 32.7 Å². The molecule has 1 fully saturated rings. The Labute approximate surface area is 150 Å². The van der Waals surface area contributed by atoms with Gasteiger partial charge in [-0.15, -0.1) is 0 Å². The van der Waals surface area contributed by atoms with Crippen molar-refractivity contribution in [1.29, 1.82) is 0 Å². The molecule has 2 heteroatoms. The van der Waals surface area contributed by atoms with E-state index in [1.54, 1.807) is 0 Å². The van der Waals surface area contributed by atoms with E-state index >= 15 is 0 Å². The first-order valence-corrected chi connectivity index (χ1v) is 10.1. The molecule has 0 atom stereocenters. The van der Waals surface area contributed by atoms with Gasteiger partial charge in [0.15, 0.2) is 0 Å². The standard InChI is InChI=1S/C22H38N2/c1-19(2)8-6-5-7-13-23-14-16-24(17-15-23)18-21-9-11-22(12-10-21)20(3)4/h9-12,19-20H,5-8,13-18H2,1-4H3. The predicted molar refractivity (Wildman–Crippen MR) is 106 cm³/mol. The monoisotopic (exact) mass is 330 g/mol. The molecule has 136 valence electrons. The van der Waals surface area contributed by atoms with E-state index in [2.05, 4.69) is 61.8 Å². The molecule has 0 unspecified atom stereocenters. The molecule has 1 aliphatic rings. The lowest BCUT2D eigenvalue weighted by atomic mass is 10.0. The average molecular weight is 331 g/mol. The number of benzene rings is 1. The fourth-order valence-electron chi connectivity index (χ4n) is 3.50. The van der Waals surface area contributed by atoms with Crippen molar-refractivity contribution in [3.8, 4) is 0 Å². The Kier molecular flexibility index (Phi) is 8.28. The molecule has 0 aromatic heterocycles. The van der Waals surface area contributed by atoms with Gasteiger partial charge < -0.3 is 4.90 Å². The van der Waals surface area contributed by atoms with Crippen LogP contribution in [0.2, 0.25) is 0 Å². The van der Waals surface area contributed by atoms with Gasteiger partial charge in [0.2, 0.25) is 0 Å². The average Bonchev–Trinajstić information content (AvgIpc) is 2.56. The first kappa shape index (κ1) is 19.5. The first-order valence-electron chi connectivity index (χ1n) is 10.1. The molecule has 1 aromatic rings. The Morgan fingerprint density at radius 3 is 2.00 bits per heavy atom. The van der Waals surface area contributed by atoms with Gasteiger partial charge in [-0.3, -0.25) is 4.90 Å². The molecule has 24 heavy (non-hydrogen) atoms. The molecule has 2 rings (SSSR count). The Bertz CT molecular complexity index is 442. The number of hydrogen-bond acceptors (Lipinski definition) is 2. The van der Waals surface area contributed by atoms with E-state index in [9.17, 15) is 0 Å². The van der Waals surface area contributed by atoms with Gasteiger partial charge in [-0.25, -0.2) is 0 Å². The summed E-state index contributed by atoms with van der Waals surface area (Å²) in [6.45, 7) is 16.5. The largest absolute Gasteiger partial charge is 0.301 e. The van der Waals surface area contributed by atoms with E-state index in [-0.39, 0.29) is 0 Å². The summed E-state index contributed by atoms with van der Waals surface area (Å²) in [6, 6.07) is 9.23. The summed E-state index contributed by atoms with van der Waals surface area (Å²) in [5.74, 6) is 1.49. The quantitative estimate of drug-likeness (QED) is 0.578. The Hall–Kier alpha value is -0.860. The zero-order valence-corrected chi connectivity index (χ0v) is 16.4. The minimum absolute atomic E-state index is 0.628. The molecule has 1 aliphatic heterocycles. The summed E-state index contributed by atoms with van der Waals surface area (Å²) in [6.07, 6.45) is 5.58. The van der Waals surface area contributed by atoms with E-state index in [1.165, 1.54) is 69.5 Å². The molecule has 0 N–H and O–H groups in total. The number of hydrogen-bond donors (Lipinski definition) is 0. The minimum Gasteiger partial charge on any atom is -0.301 e. The summed E-state index contributed by atoms with van der Waals surface area (Å²) in [7, 11) is 0. The molecular formula is C22H38N2. The normalized spacial score (nSPS) is 17.1. The third-order valence-corrected chi connectivity index (χ3v) is 5.27. The van der Waals surface area contributed by atoms with Crippen LogP contribution in [0.15, 0.2) is 24.3 Å². The topological polar surface area (TPSA) is 6.48 Å². The zero-order chi connectivity index (χ0) is 17.4. The van der Waals surface area contributed by atoms with E-state index in [1.807, 2.05) is 0 Å². The van der Waals surface area contributed by atoms with Crippen LogP contribution in [-0.4, -0.2) is 42.5 Å². The second kappa shape index (κ2) is 10.2. The van der Waals surface area contributed by atoms with Crippen molar-refractivity contribution >= 4 is 0 Å². The van der Waals surface area contributed by atoms with Gasteiger partial charge in [-0.2, -0.15) is 0 Å². The second-order valence-electron chi connectivity index (χ2n) is 8.26. The van der Waals surface area contributed by atoms with Crippen LogP contribution in [0.4, 0.5) is 0 Å². The maximum absolute atomic E-state index is 2.66. The SMILES string of the molecule is CC(C)CCCCCN1CCN(Cc2ccc(C(C)C)cc2)CC1. The van der Waals surface area contributed by atoms with Crippen LogP contribution in [0, 0.1) is 5.92 Å². The van der Waals surface area contributed by atoms with E-state index in [0.717, 1.165) is 12.5 Å². The molecule has 0 aliphatic carbocycles. The molecule has 0 spiro atoms. The molecule has 2 nitrogen and oxygen atoms in total. The van der Waals surface area contributed by atoms with Crippen LogP contribution < -0.4 is 0 Å². The van der Waals surface area contributed by atoms with Crippen LogP contribution >= 0.6 is 0 Å². The number of unbranched alkanes of at least 4 members (excludes halogenated alkanes) is 2. The number of nitrogens with zero attached hydrogens (tertiary/aromatic N) is 2. The van der Waals surface area contributed by atoms with Gasteiger partial charge in [0.05, 0.1) is 0 Å². The fraction of sp³-hybridized carbons (Fsp3) is 0.727. The number of piperazine rings is 1. The molecule has 0 bridgehead atoms. The lowest BCUT2D eigenvalue weighted by Crippen LogP contribution is -2.46. The molecular weight excluding hydrogens is 292 g/mol. The molecule has 1 heterocycles. The van der Waals surface area contributed by atoms with E-state index < -0.39 is 0 Å². The Morgan fingerprint density at radius 2 is 1.42 bits per heavy atom. The van der Waals surface area contributed by atoms with Crippen LogP contribution in [-0.2, 0) is 6.54 Å². The van der Waals surface area contributed by atoms with Crippen molar-refractivity contribution in [1.82, 2.24) is 9.80 Å². The summed E-state index contributed by atoms with van der Waals surface area (Å²) >= 11 is 0. The van der Waals surface area contributed by atoms with Gasteiger partial charge in [-0.1, -0.05) is 71.2 Å². The van der Waals surface area contributed by atoms with Crippen molar-refractivity contribution in [3.63, 3.8) is 0 Å². The molecule has 1 saturated heterocycles. The maximum Gasteiger partial charge on any atom is 0.0234 e. The highest BCUT2D eigenvalue weighted by Gasteiger charge is 2.16. The zero-order valence-electron chi connectivity index (χ0n) is 16.4. The number of rotatable bonds is 9. The molecule has 1 aromatic carbocycles. The van der Waals surface area contributed by atoms with Crippen molar-refractivity contribution < 1.29 is 0 Å². The third kappa shape index (κ3) is 6.94. The smallest absolute Gasteiger partial charge is 0.0234 e. The first-order chi connectivity index (χ1) is 11.5. The Balaban J connectivity index is 1.62. The van der Waals surface area contributed by atoms with Gasteiger partial charge in [0.25, 0.3) is 0 Å². The summed E-state index contributed by atoms with van der Waals surface area (Å²) < 4.78 is 0. The summed E-state index contributed by atoms with van der Waals surface area (Å²) in [5.41, 5.74) is 2.91. The lowest BCUT2D eigenvalue weighted by Gasteiger charge is -2.34. The van der Waals surface area contributed by atoms with Crippen molar-refractivity contribution in [2.75, 3.05) is 32.7 Å². The Morgan fingerprint density at radius 1 is 0.792 bits per heavy atom. The van der Waals surface area contributed by atoms with E-state index in [0.29, 0.717) is 5.92 Å². The lowest BCUT2D eigenvalue weighted by molar-refractivity contribution is 0.125. The van der Waals surface area contributed by atoms with E-state index in [4.69, 9.17) is 0 Å². The van der Waals surface area contributed by atoms with Crippen molar-refractivity contribution in [2.45, 2.75) is 65.8 Å². The highest BCUT2D eigenvalue weighted by Crippen LogP contribution is 2.16. The minimum atomic E-state index is 0.628. The van der Waals surface area contributed by atoms with Crippen LogP contribution in [0.5, 0.6) is 0 Å². The highest BCUT2D eigenvalue weighted by atomic mass is 15.3. The van der Waals surface area contributed by atoms with Crippen molar-refractivity contribution in [2.24, 2.45) is 5.92 Å². The van der Waals surface area contributed by atoms with Gasteiger partial charge in [0.1, 0.15) is 0 Å². The predicted octanol–water partition coefficient (Wildman–Crippen LogP) is 5.14. The van der Waals surface area contributed by atoms with Gasteiger partial charge >= 0.3 is 0 Å². The molecule has 0 radical (unpaired) electrons. The highest BCUT2D eigenvalue weighted by molar-refractivity contribution is 5.24. The van der Waals surface area contributed by atoms with Crippen LogP contribution in [0.3, 0.4) is 0 Å². The van der Waals surface area contributed by atoms with Crippen molar-refractivity contribution in [3.05, 3.63) is 35.4 Å². The van der Waals surface area contributed by atoms with Crippen LogP contribution in [0.25, 0.3) is 0 Å². The molecule has 0 saturated carbocycles.